The van der Waals surface area contributed by atoms with Crippen molar-refractivity contribution in [2.24, 2.45) is 0 Å². The molecule has 10 heteroatoms. The predicted molar refractivity (Wildman–Crippen MR) is 163 cm³/mol. The number of ether oxygens (including phenoxy) is 2. The van der Waals surface area contributed by atoms with E-state index in [1.807, 2.05) is 32.0 Å². The standard InChI is InChI=1S/C30H49FN2O5Si2/c1-19-15-14-16-20(2)24(19)37-26-21(3)17-33(28(34)32-26)27-23(31)25(38-40(12,13)30(7,8)9)22(36-27)18-35-39(10,11)29(4,5)6/h14-17,22-23,25,27H,18H2,1-13H3/t22-,23?,25?,27-/m0/s1. The summed E-state index contributed by atoms with van der Waals surface area (Å²) in [7, 11) is -4.51. The number of aryl methyl sites for hydroxylation is 3. The van der Waals surface area contributed by atoms with E-state index in [4.69, 9.17) is 18.3 Å². The molecule has 0 spiro atoms. The molecule has 0 bridgehead atoms. The Labute approximate surface area is 241 Å². The van der Waals surface area contributed by atoms with Crippen molar-refractivity contribution >= 4 is 16.6 Å². The van der Waals surface area contributed by atoms with Crippen molar-refractivity contribution in [1.29, 1.82) is 0 Å². The zero-order chi connectivity index (χ0) is 30.4. The number of aromatic nitrogens is 2. The summed E-state index contributed by atoms with van der Waals surface area (Å²) >= 11 is 0. The van der Waals surface area contributed by atoms with Crippen molar-refractivity contribution in [3.05, 3.63) is 51.6 Å². The van der Waals surface area contributed by atoms with Gasteiger partial charge in [-0.1, -0.05) is 59.7 Å². The Bertz CT molecular complexity index is 1250. The highest BCUT2D eigenvalue weighted by Crippen LogP contribution is 2.43. The Hall–Kier alpha value is -1.86. The first-order chi connectivity index (χ1) is 18.2. The largest absolute Gasteiger partial charge is 0.438 e. The second kappa shape index (κ2) is 11.4. The van der Waals surface area contributed by atoms with Gasteiger partial charge in [-0.15, -0.1) is 0 Å². The Balaban J connectivity index is 1.95. The molecule has 0 N–H and O–H groups in total. The van der Waals surface area contributed by atoms with E-state index in [9.17, 15) is 4.79 Å². The summed E-state index contributed by atoms with van der Waals surface area (Å²) in [5.41, 5.74) is 1.82. The summed E-state index contributed by atoms with van der Waals surface area (Å²) in [6, 6.07) is 5.82. The highest BCUT2D eigenvalue weighted by molar-refractivity contribution is 6.74. The zero-order valence-electron chi connectivity index (χ0n) is 26.6. The smallest absolute Gasteiger partial charge is 0.353 e. The topological polar surface area (TPSA) is 71.8 Å². The fourth-order valence-corrected chi connectivity index (χ4v) is 6.44. The van der Waals surface area contributed by atoms with E-state index in [1.165, 1.54) is 4.57 Å². The molecule has 1 aliphatic rings. The Morgan fingerprint density at radius 1 is 0.950 bits per heavy atom. The first-order valence-corrected chi connectivity index (χ1v) is 19.9. The summed E-state index contributed by atoms with van der Waals surface area (Å²) < 4.78 is 43.0. The molecule has 0 amide bonds. The van der Waals surface area contributed by atoms with E-state index < -0.39 is 46.9 Å². The minimum Gasteiger partial charge on any atom is -0.438 e. The SMILES string of the molecule is Cc1cn([C@H]2O[C@@H](CO[Si](C)(C)C(C)(C)C)C(O[Si](C)(C)C(C)(C)C)C2F)c(=O)nc1Oc1c(C)cccc1C. The van der Waals surface area contributed by atoms with Gasteiger partial charge in [0.05, 0.1) is 6.61 Å². The third kappa shape index (κ3) is 6.78. The van der Waals surface area contributed by atoms with Crippen molar-refractivity contribution in [3.63, 3.8) is 0 Å². The normalized spacial score (nSPS) is 22.6. The molecule has 1 aromatic carbocycles. The first-order valence-electron chi connectivity index (χ1n) is 14.1. The lowest BCUT2D eigenvalue weighted by molar-refractivity contribution is -0.0456. The number of nitrogens with zero attached hydrogens (tertiary/aromatic N) is 2. The molecule has 224 valence electrons. The number of para-hydroxylation sites is 1. The number of hydrogen-bond acceptors (Lipinski definition) is 6. The van der Waals surface area contributed by atoms with Gasteiger partial charge < -0.3 is 18.3 Å². The molecule has 0 aliphatic carbocycles. The first kappa shape index (κ1) is 32.7. The number of hydrogen-bond donors (Lipinski definition) is 0. The Morgan fingerprint density at radius 3 is 2.02 bits per heavy atom. The van der Waals surface area contributed by atoms with Crippen LogP contribution in [0.3, 0.4) is 0 Å². The molecule has 4 atom stereocenters. The van der Waals surface area contributed by atoms with E-state index in [1.54, 1.807) is 13.1 Å². The van der Waals surface area contributed by atoms with Crippen LogP contribution in [0.1, 0.15) is 64.5 Å². The minimum absolute atomic E-state index is 0.0147. The van der Waals surface area contributed by atoms with Crippen molar-refractivity contribution in [2.75, 3.05) is 6.61 Å². The van der Waals surface area contributed by atoms with Crippen molar-refractivity contribution in [2.45, 2.75) is 123 Å². The number of alkyl halides is 1. The molecule has 40 heavy (non-hydrogen) atoms. The highest BCUT2D eigenvalue weighted by atomic mass is 28.4. The van der Waals surface area contributed by atoms with Gasteiger partial charge in [-0.25, -0.2) is 9.18 Å². The van der Waals surface area contributed by atoms with Gasteiger partial charge in [0, 0.05) is 11.8 Å². The van der Waals surface area contributed by atoms with Gasteiger partial charge in [0.25, 0.3) is 0 Å². The van der Waals surface area contributed by atoms with Gasteiger partial charge in [0.15, 0.2) is 29.0 Å². The van der Waals surface area contributed by atoms with Crippen LogP contribution < -0.4 is 10.4 Å². The molecular formula is C30H49FN2O5Si2. The third-order valence-electron chi connectivity index (χ3n) is 8.89. The molecular weight excluding hydrogens is 544 g/mol. The van der Waals surface area contributed by atoms with Crippen LogP contribution in [-0.2, 0) is 13.6 Å². The van der Waals surface area contributed by atoms with Gasteiger partial charge in [0.1, 0.15) is 18.0 Å². The van der Waals surface area contributed by atoms with Crippen LogP contribution in [0, 0.1) is 20.8 Å². The van der Waals surface area contributed by atoms with Crippen LogP contribution in [-0.4, -0.2) is 51.2 Å². The molecule has 1 saturated heterocycles. The Kier molecular flexibility index (Phi) is 9.33. The average molecular weight is 593 g/mol. The highest BCUT2D eigenvalue weighted by Gasteiger charge is 2.52. The van der Waals surface area contributed by atoms with Crippen molar-refractivity contribution in [1.82, 2.24) is 9.55 Å². The predicted octanol–water partition coefficient (Wildman–Crippen LogP) is 7.61. The van der Waals surface area contributed by atoms with Gasteiger partial charge >= 0.3 is 5.69 Å². The van der Waals surface area contributed by atoms with Gasteiger partial charge in [-0.2, -0.15) is 4.98 Å². The average Bonchev–Trinajstić information content (AvgIpc) is 3.10. The molecule has 2 aromatic rings. The van der Waals surface area contributed by atoms with E-state index in [2.05, 4.69) is 72.7 Å². The van der Waals surface area contributed by atoms with E-state index in [0.717, 1.165) is 11.1 Å². The van der Waals surface area contributed by atoms with Crippen molar-refractivity contribution in [3.8, 4) is 11.6 Å². The number of rotatable bonds is 8. The maximum Gasteiger partial charge on any atom is 0.353 e. The summed E-state index contributed by atoms with van der Waals surface area (Å²) in [6.07, 6.45) is -2.73. The number of benzene rings is 1. The molecule has 1 aromatic heterocycles. The molecule has 0 radical (unpaired) electrons. The second-order valence-electron chi connectivity index (χ2n) is 14.2. The zero-order valence-corrected chi connectivity index (χ0v) is 28.6. The molecule has 1 fully saturated rings. The van der Waals surface area contributed by atoms with E-state index in [-0.39, 0.29) is 22.6 Å². The third-order valence-corrected chi connectivity index (χ3v) is 17.9. The second-order valence-corrected chi connectivity index (χ2v) is 23.7. The van der Waals surface area contributed by atoms with Gasteiger partial charge in [0.2, 0.25) is 5.88 Å². The summed E-state index contributed by atoms with van der Waals surface area (Å²) in [5, 5.41) is -0.142. The molecule has 3 rings (SSSR count). The van der Waals surface area contributed by atoms with E-state index >= 15 is 4.39 Å². The van der Waals surface area contributed by atoms with Crippen LogP contribution in [0.4, 0.5) is 4.39 Å². The number of halogens is 1. The quantitative estimate of drug-likeness (QED) is 0.294. The van der Waals surface area contributed by atoms with Crippen LogP contribution in [0.25, 0.3) is 0 Å². The Morgan fingerprint density at radius 2 is 1.50 bits per heavy atom. The molecule has 7 nitrogen and oxygen atoms in total. The van der Waals surface area contributed by atoms with Crippen LogP contribution >= 0.6 is 0 Å². The van der Waals surface area contributed by atoms with Crippen molar-refractivity contribution < 1.29 is 22.7 Å². The monoisotopic (exact) mass is 592 g/mol. The molecule has 1 aliphatic heterocycles. The maximum atomic E-state index is 16.3. The fraction of sp³-hybridized carbons (Fsp3) is 0.667. The molecule has 0 saturated carbocycles. The van der Waals surface area contributed by atoms with Gasteiger partial charge in [-0.05, 0) is 68.2 Å². The summed E-state index contributed by atoms with van der Waals surface area (Å²) in [4.78, 5) is 17.5. The molecule has 2 unspecified atom stereocenters. The summed E-state index contributed by atoms with van der Waals surface area (Å²) in [5.74, 6) is 0.848. The lowest BCUT2D eigenvalue weighted by Crippen LogP contribution is -2.50. The van der Waals surface area contributed by atoms with Crippen LogP contribution in [0.15, 0.2) is 29.2 Å². The maximum absolute atomic E-state index is 16.3. The lowest BCUT2D eigenvalue weighted by atomic mass is 10.1. The van der Waals surface area contributed by atoms with Crippen LogP contribution in [0.2, 0.25) is 36.3 Å². The summed E-state index contributed by atoms with van der Waals surface area (Å²) in [6.45, 7) is 27.2. The van der Waals surface area contributed by atoms with Crippen LogP contribution in [0.5, 0.6) is 11.6 Å². The van der Waals surface area contributed by atoms with E-state index in [0.29, 0.717) is 11.3 Å². The fourth-order valence-electron chi connectivity index (χ4n) is 4.11. The van der Waals surface area contributed by atoms with Gasteiger partial charge in [-0.3, -0.25) is 4.57 Å². The lowest BCUT2D eigenvalue weighted by Gasteiger charge is -2.40. The minimum atomic E-state index is -2.37. The molecule has 2 heterocycles.